The van der Waals surface area contributed by atoms with Gasteiger partial charge in [-0.05, 0) is 24.3 Å². The summed E-state index contributed by atoms with van der Waals surface area (Å²) >= 11 is 0. The van der Waals surface area contributed by atoms with Crippen LogP contribution in [0.4, 0.5) is 17.6 Å². The van der Waals surface area contributed by atoms with E-state index in [0.717, 1.165) is 16.8 Å². The molecule has 2 aromatic rings. The normalized spacial score (nSPS) is 11.7. The average Bonchev–Trinajstić information content (AvgIpc) is 2.70. The Balaban J connectivity index is 2.54. The summed E-state index contributed by atoms with van der Waals surface area (Å²) in [5.74, 6) is -2.92. The second-order valence-corrected chi connectivity index (χ2v) is 4.02. The number of carboxylic acids is 1. The van der Waals surface area contributed by atoms with Gasteiger partial charge in [-0.1, -0.05) is 0 Å². The summed E-state index contributed by atoms with van der Waals surface area (Å²) < 4.78 is 51.9. The first-order valence-electron chi connectivity index (χ1n) is 5.32. The zero-order valence-corrected chi connectivity index (χ0v) is 10.0. The van der Waals surface area contributed by atoms with E-state index < -0.39 is 23.5 Å². The molecule has 0 saturated heterocycles. The van der Waals surface area contributed by atoms with Gasteiger partial charge in [0.2, 0.25) is 0 Å². The summed E-state index contributed by atoms with van der Waals surface area (Å²) in [5.41, 5.74) is -1.78. The van der Waals surface area contributed by atoms with Crippen molar-refractivity contribution in [1.82, 2.24) is 9.78 Å². The Morgan fingerprint density at radius 3 is 2.45 bits per heavy atom. The molecule has 1 heterocycles. The third-order valence-corrected chi connectivity index (χ3v) is 2.66. The molecule has 106 valence electrons. The predicted molar refractivity (Wildman–Crippen MR) is 57.9 cm³/mol. The van der Waals surface area contributed by atoms with Gasteiger partial charge in [-0.25, -0.2) is 4.39 Å². The van der Waals surface area contributed by atoms with E-state index in [-0.39, 0.29) is 17.0 Å². The molecule has 8 heteroatoms. The minimum atomic E-state index is -4.84. The number of benzene rings is 1. The van der Waals surface area contributed by atoms with E-state index in [1.54, 1.807) is 0 Å². The van der Waals surface area contributed by atoms with Crippen LogP contribution in [0.25, 0.3) is 11.3 Å². The summed E-state index contributed by atoms with van der Waals surface area (Å²) in [6.07, 6.45) is -4.84. The molecule has 0 aliphatic rings. The van der Waals surface area contributed by atoms with Gasteiger partial charge < -0.3 is 9.90 Å². The van der Waals surface area contributed by atoms with E-state index in [1.807, 2.05) is 0 Å². The SMILES string of the molecule is Cn1nc(-c2ccc(F)c(C(F)(F)F)c2)cc1C(=O)[O-]. The maximum absolute atomic E-state index is 13.1. The number of aromatic carboxylic acids is 1. The second kappa shape index (κ2) is 4.62. The number of hydrogen-bond acceptors (Lipinski definition) is 3. The van der Waals surface area contributed by atoms with Crippen LogP contribution in [0.3, 0.4) is 0 Å². The zero-order valence-electron chi connectivity index (χ0n) is 10.0. The van der Waals surface area contributed by atoms with Crippen LogP contribution >= 0.6 is 0 Å². The van der Waals surface area contributed by atoms with Crippen molar-refractivity contribution in [3.63, 3.8) is 0 Å². The van der Waals surface area contributed by atoms with Crippen molar-refractivity contribution in [2.45, 2.75) is 6.18 Å². The maximum Gasteiger partial charge on any atom is 0.419 e. The van der Waals surface area contributed by atoms with Crippen LogP contribution < -0.4 is 5.11 Å². The quantitative estimate of drug-likeness (QED) is 0.788. The number of hydrogen-bond donors (Lipinski definition) is 0. The van der Waals surface area contributed by atoms with Crippen LogP contribution in [0.1, 0.15) is 16.1 Å². The summed E-state index contributed by atoms with van der Waals surface area (Å²) in [7, 11) is 1.31. The van der Waals surface area contributed by atoms with Crippen LogP contribution in [0.2, 0.25) is 0 Å². The monoisotopic (exact) mass is 287 g/mol. The Bertz CT molecular complexity index is 677. The van der Waals surface area contributed by atoms with Gasteiger partial charge in [-0.2, -0.15) is 18.3 Å². The molecule has 0 unspecified atom stereocenters. The average molecular weight is 287 g/mol. The largest absolute Gasteiger partial charge is 0.543 e. The molecule has 0 aliphatic heterocycles. The molecule has 0 spiro atoms. The van der Waals surface area contributed by atoms with Gasteiger partial charge in [0.05, 0.1) is 22.9 Å². The van der Waals surface area contributed by atoms with Crippen LogP contribution in [0.15, 0.2) is 24.3 Å². The van der Waals surface area contributed by atoms with Gasteiger partial charge >= 0.3 is 6.18 Å². The smallest absolute Gasteiger partial charge is 0.419 e. The minimum absolute atomic E-state index is 0.0165. The van der Waals surface area contributed by atoms with Crippen molar-refractivity contribution < 1.29 is 27.5 Å². The molecular weight excluding hydrogens is 280 g/mol. The molecule has 20 heavy (non-hydrogen) atoms. The summed E-state index contributed by atoms with van der Waals surface area (Å²) in [6.45, 7) is 0. The first-order chi connectivity index (χ1) is 9.20. The summed E-state index contributed by atoms with van der Waals surface area (Å²) in [6, 6.07) is 3.39. The Kier molecular flexibility index (Phi) is 3.24. The standard InChI is InChI=1S/C12H8F4N2O2/c1-18-10(11(19)20)5-9(17-18)6-2-3-8(13)7(4-6)12(14,15)16/h2-5H,1H3,(H,19,20)/p-1. The second-order valence-electron chi connectivity index (χ2n) is 4.02. The molecule has 0 N–H and O–H groups in total. The van der Waals surface area contributed by atoms with Crippen molar-refractivity contribution in [1.29, 1.82) is 0 Å². The van der Waals surface area contributed by atoms with Gasteiger partial charge in [0.25, 0.3) is 0 Å². The van der Waals surface area contributed by atoms with E-state index in [1.165, 1.54) is 7.05 Å². The van der Waals surface area contributed by atoms with Crippen LogP contribution in [0.5, 0.6) is 0 Å². The van der Waals surface area contributed by atoms with Crippen molar-refractivity contribution in [3.05, 3.63) is 41.3 Å². The molecule has 0 saturated carbocycles. The maximum atomic E-state index is 13.1. The fraction of sp³-hybridized carbons (Fsp3) is 0.167. The molecule has 0 fully saturated rings. The minimum Gasteiger partial charge on any atom is -0.543 e. The lowest BCUT2D eigenvalue weighted by atomic mass is 10.1. The first kappa shape index (κ1) is 14.0. The number of carbonyl (C=O) groups excluding carboxylic acids is 1. The molecule has 0 bridgehead atoms. The van der Waals surface area contributed by atoms with Gasteiger partial charge in [0.1, 0.15) is 5.82 Å². The highest BCUT2D eigenvalue weighted by molar-refractivity contribution is 5.85. The molecular formula is C12H7F4N2O2-. The van der Waals surface area contributed by atoms with Crippen LogP contribution in [-0.2, 0) is 13.2 Å². The molecule has 1 aromatic heterocycles. The van der Waals surface area contributed by atoms with Gasteiger partial charge in [-0.3, -0.25) is 4.68 Å². The number of alkyl halides is 3. The Morgan fingerprint density at radius 1 is 1.30 bits per heavy atom. The van der Waals surface area contributed by atoms with Crippen molar-refractivity contribution >= 4 is 5.97 Å². The van der Waals surface area contributed by atoms with Crippen molar-refractivity contribution in [2.24, 2.45) is 7.05 Å². The molecule has 4 nitrogen and oxygen atoms in total. The molecule has 0 atom stereocenters. The molecule has 2 rings (SSSR count). The Morgan fingerprint density at radius 2 is 1.95 bits per heavy atom. The number of aromatic nitrogens is 2. The van der Waals surface area contributed by atoms with Crippen LogP contribution in [-0.4, -0.2) is 15.7 Å². The number of halogens is 4. The third kappa shape index (κ3) is 2.49. The first-order valence-corrected chi connectivity index (χ1v) is 5.32. The summed E-state index contributed by atoms with van der Waals surface area (Å²) in [4.78, 5) is 10.7. The highest BCUT2D eigenvalue weighted by Gasteiger charge is 2.34. The highest BCUT2D eigenvalue weighted by Crippen LogP contribution is 2.34. The number of carbonyl (C=O) groups is 1. The third-order valence-electron chi connectivity index (χ3n) is 2.66. The van der Waals surface area contributed by atoms with E-state index in [4.69, 9.17) is 0 Å². The van der Waals surface area contributed by atoms with Gasteiger partial charge in [0.15, 0.2) is 0 Å². The van der Waals surface area contributed by atoms with Gasteiger partial charge in [0, 0.05) is 12.6 Å². The molecule has 0 amide bonds. The highest BCUT2D eigenvalue weighted by atomic mass is 19.4. The number of carboxylic acid groups (broad SMARTS) is 1. The molecule has 1 aromatic carbocycles. The van der Waals surface area contributed by atoms with Crippen molar-refractivity contribution in [3.8, 4) is 11.3 Å². The topological polar surface area (TPSA) is 58.0 Å². The lowest BCUT2D eigenvalue weighted by Gasteiger charge is -2.08. The van der Waals surface area contributed by atoms with E-state index in [9.17, 15) is 27.5 Å². The number of nitrogens with zero attached hydrogens (tertiary/aromatic N) is 2. The fourth-order valence-corrected chi connectivity index (χ4v) is 1.70. The van der Waals surface area contributed by atoms with E-state index >= 15 is 0 Å². The van der Waals surface area contributed by atoms with E-state index in [2.05, 4.69) is 5.10 Å². The predicted octanol–water partition coefficient (Wildman–Crippen LogP) is 1.61. The zero-order chi connectivity index (χ0) is 15.1. The van der Waals surface area contributed by atoms with Crippen LogP contribution in [0, 0.1) is 5.82 Å². The molecule has 0 radical (unpaired) electrons. The fourth-order valence-electron chi connectivity index (χ4n) is 1.70. The number of rotatable bonds is 2. The summed E-state index contributed by atoms with van der Waals surface area (Å²) in [5, 5.41) is 14.5. The Hall–Kier alpha value is -2.38. The lowest BCUT2D eigenvalue weighted by molar-refractivity contribution is -0.255. The molecule has 0 aliphatic carbocycles. The number of aryl methyl sites for hydroxylation is 1. The Labute approximate surface area is 110 Å². The van der Waals surface area contributed by atoms with Gasteiger partial charge in [-0.15, -0.1) is 0 Å². The van der Waals surface area contributed by atoms with E-state index in [0.29, 0.717) is 12.1 Å². The lowest BCUT2D eigenvalue weighted by Crippen LogP contribution is -2.24. The van der Waals surface area contributed by atoms with Crippen molar-refractivity contribution in [2.75, 3.05) is 0 Å².